The molecule has 0 aromatic heterocycles. The molecule has 0 spiro atoms. The number of hydrogen-bond donors (Lipinski definition) is 3. The molecule has 118 valence electrons. The molecule has 1 rings (SSSR count). The average Bonchev–Trinajstić information content (AvgIpc) is 2.52. The van der Waals surface area contributed by atoms with E-state index in [1.165, 1.54) is 0 Å². The van der Waals surface area contributed by atoms with Crippen molar-refractivity contribution >= 4 is 6.03 Å². The molecule has 1 aromatic carbocycles. The van der Waals surface area contributed by atoms with Gasteiger partial charge in [0.1, 0.15) is 0 Å². The molecule has 0 radical (unpaired) electrons. The van der Waals surface area contributed by atoms with E-state index in [0.717, 1.165) is 11.1 Å². The molecule has 0 bridgehead atoms. The average molecular weight is 294 g/mol. The minimum Gasteiger partial charge on any atom is -0.388 e. The van der Waals surface area contributed by atoms with Gasteiger partial charge in [0.05, 0.1) is 12.2 Å². The maximum atomic E-state index is 11.7. The molecule has 2 amide bonds. The van der Waals surface area contributed by atoms with Crippen LogP contribution in [0.4, 0.5) is 4.79 Å². The molecule has 0 atom stereocenters. The maximum Gasteiger partial charge on any atom is 0.315 e. The summed E-state index contributed by atoms with van der Waals surface area (Å²) in [6.45, 7) is 5.12. The smallest absolute Gasteiger partial charge is 0.315 e. The third kappa shape index (κ3) is 6.14. The zero-order chi connectivity index (χ0) is 15.7. The van der Waals surface area contributed by atoms with Gasteiger partial charge in [-0.3, -0.25) is 0 Å². The first-order valence-electron chi connectivity index (χ1n) is 7.34. The lowest BCUT2D eigenvalue weighted by atomic mass is 9.98. The van der Waals surface area contributed by atoms with Crippen molar-refractivity contribution in [3.63, 3.8) is 0 Å². The number of rotatable bonds is 8. The first-order valence-corrected chi connectivity index (χ1v) is 7.34. The molecule has 0 heterocycles. The SMILES string of the molecule is CCC(O)(CC)CNC(=O)NCc1ccc(COC)cc1. The zero-order valence-corrected chi connectivity index (χ0v) is 13.1. The number of urea groups is 1. The van der Waals surface area contributed by atoms with Gasteiger partial charge in [0.2, 0.25) is 0 Å². The molecular formula is C16H26N2O3. The van der Waals surface area contributed by atoms with Gasteiger partial charge in [-0.1, -0.05) is 38.1 Å². The largest absolute Gasteiger partial charge is 0.388 e. The van der Waals surface area contributed by atoms with Crippen LogP contribution < -0.4 is 10.6 Å². The number of nitrogens with one attached hydrogen (secondary N) is 2. The number of ether oxygens (including phenoxy) is 1. The second-order valence-corrected chi connectivity index (χ2v) is 5.22. The molecule has 0 aliphatic rings. The van der Waals surface area contributed by atoms with Gasteiger partial charge in [-0.05, 0) is 24.0 Å². The summed E-state index contributed by atoms with van der Waals surface area (Å²) in [5.41, 5.74) is 1.30. The number of carbonyl (C=O) groups excluding carboxylic acids is 1. The summed E-state index contributed by atoms with van der Waals surface area (Å²) in [6.07, 6.45) is 1.23. The van der Waals surface area contributed by atoms with Gasteiger partial charge in [-0.2, -0.15) is 0 Å². The van der Waals surface area contributed by atoms with Crippen molar-refractivity contribution in [3.8, 4) is 0 Å². The van der Waals surface area contributed by atoms with Crippen LogP contribution in [-0.2, 0) is 17.9 Å². The number of aliphatic hydroxyl groups is 1. The Morgan fingerprint density at radius 1 is 1.14 bits per heavy atom. The van der Waals surface area contributed by atoms with Crippen molar-refractivity contribution in [3.05, 3.63) is 35.4 Å². The molecule has 0 saturated carbocycles. The lowest BCUT2D eigenvalue weighted by Gasteiger charge is -2.25. The van der Waals surface area contributed by atoms with E-state index in [1.54, 1.807) is 7.11 Å². The van der Waals surface area contributed by atoms with E-state index >= 15 is 0 Å². The summed E-state index contributed by atoms with van der Waals surface area (Å²) in [5.74, 6) is 0. The second-order valence-electron chi connectivity index (χ2n) is 5.22. The third-order valence-electron chi connectivity index (χ3n) is 3.68. The highest BCUT2D eigenvalue weighted by atomic mass is 16.5. The molecule has 5 heteroatoms. The monoisotopic (exact) mass is 294 g/mol. The molecule has 3 N–H and O–H groups in total. The van der Waals surface area contributed by atoms with Crippen LogP contribution in [0.15, 0.2) is 24.3 Å². The maximum absolute atomic E-state index is 11.7. The fourth-order valence-corrected chi connectivity index (χ4v) is 1.91. The van der Waals surface area contributed by atoms with Crippen LogP contribution in [0.25, 0.3) is 0 Å². The Kier molecular flexibility index (Phi) is 7.19. The van der Waals surface area contributed by atoms with Gasteiger partial charge in [0, 0.05) is 20.2 Å². The van der Waals surface area contributed by atoms with E-state index in [1.807, 2.05) is 38.1 Å². The van der Waals surface area contributed by atoms with Crippen molar-refractivity contribution in [2.24, 2.45) is 0 Å². The molecule has 1 aromatic rings. The third-order valence-corrected chi connectivity index (χ3v) is 3.68. The molecule has 0 unspecified atom stereocenters. The van der Waals surface area contributed by atoms with E-state index in [0.29, 0.717) is 26.0 Å². The van der Waals surface area contributed by atoms with Crippen LogP contribution in [-0.4, -0.2) is 30.4 Å². The van der Waals surface area contributed by atoms with Crippen molar-refractivity contribution in [1.29, 1.82) is 0 Å². The van der Waals surface area contributed by atoms with Crippen LogP contribution in [0.3, 0.4) is 0 Å². The molecule has 21 heavy (non-hydrogen) atoms. The van der Waals surface area contributed by atoms with Crippen molar-refractivity contribution in [1.82, 2.24) is 10.6 Å². The van der Waals surface area contributed by atoms with E-state index in [-0.39, 0.29) is 12.6 Å². The zero-order valence-electron chi connectivity index (χ0n) is 13.1. The lowest BCUT2D eigenvalue weighted by molar-refractivity contribution is 0.0349. The fourth-order valence-electron chi connectivity index (χ4n) is 1.91. The van der Waals surface area contributed by atoms with E-state index in [9.17, 15) is 9.90 Å². The molecule has 0 aliphatic heterocycles. The highest BCUT2D eigenvalue weighted by Gasteiger charge is 2.22. The van der Waals surface area contributed by atoms with Gasteiger partial charge < -0.3 is 20.5 Å². The number of benzene rings is 1. The quantitative estimate of drug-likeness (QED) is 0.688. The minimum absolute atomic E-state index is 0.263. The first-order chi connectivity index (χ1) is 10.0. The molecular weight excluding hydrogens is 268 g/mol. The predicted molar refractivity (Wildman–Crippen MR) is 82.9 cm³/mol. The Balaban J connectivity index is 2.35. The van der Waals surface area contributed by atoms with Gasteiger partial charge >= 0.3 is 6.03 Å². The van der Waals surface area contributed by atoms with Crippen LogP contribution in [0.1, 0.15) is 37.8 Å². The number of hydrogen-bond acceptors (Lipinski definition) is 3. The van der Waals surface area contributed by atoms with Gasteiger partial charge in [0.25, 0.3) is 0 Å². The summed E-state index contributed by atoms with van der Waals surface area (Å²) < 4.78 is 5.05. The van der Waals surface area contributed by atoms with Crippen molar-refractivity contribution in [2.45, 2.75) is 45.4 Å². The Morgan fingerprint density at radius 2 is 1.71 bits per heavy atom. The van der Waals surface area contributed by atoms with Crippen molar-refractivity contribution in [2.75, 3.05) is 13.7 Å². The summed E-state index contributed by atoms with van der Waals surface area (Å²) in [7, 11) is 1.66. The summed E-state index contributed by atoms with van der Waals surface area (Å²) in [6, 6.07) is 7.61. The fraction of sp³-hybridized carbons (Fsp3) is 0.562. The van der Waals surface area contributed by atoms with Crippen molar-refractivity contribution < 1.29 is 14.6 Å². The highest BCUT2D eigenvalue weighted by molar-refractivity contribution is 5.73. The Bertz CT molecular complexity index is 428. The van der Waals surface area contributed by atoms with E-state index in [2.05, 4.69) is 10.6 Å². The standard InChI is InChI=1S/C16H26N2O3/c1-4-16(20,5-2)12-18-15(19)17-10-13-6-8-14(9-7-13)11-21-3/h6-9,20H,4-5,10-12H2,1-3H3,(H2,17,18,19). The van der Waals surface area contributed by atoms with Crippen LogP contribution in [0.5, 0.6) is 0 Å². The van der Waals surface area contributed by atoms with Gasteiger partial charge in [0.15, 0.2) is 0 Å². The van der Waals surface area contributed by atoms with Crippen LogP contribution >= 0.6 is 0 Å². The summed E-state index contributed by atoms with van der Waals surface area (Å²) in [5, 5.41) is 15.6. The van der Waals surface area contributed by atoms with E-state index in [4.69, 9.17) is 4.74 Å². The topological polar surface area (TPSA) is 70.6 Å². The highest BCUT2D eigenvalue weighted by Crippen LogP contribution is 2.12. The Labute approximate surface area is 126 Å². The number of carbonyl (C=O) groups is 1. The van der Waals surface area contributed by atoms with Crippen LogP contribution in [0.2, 0.25) is 0 Å². The number of amides is 2. The minimum atomic E-state index is -0.820. The molecule has 0 saturated heterocycles. The van der Waals surface area contributed by atoms with E-state index < -0.39 is 5.60 Å². The van der Waals surface area contributed by atoms with Crippen LogP contribution in [0, 0.1) is 0 Å². The normalized spacial score (nSPS) is 11.2. The second kappa shape index (κ2) is 8.64. The molecule has 0 fully saturated rings. The number of methoxy groups -OCH3 is 1. The summed E-state index contributed by atoms with van der Waals surface area (Å²) >= 11 is 0. The molecule has 5 nitrogen and oxygen atoms in total. The first kappa shape index (κ1) is 17.5. The molecule has 0 aliphatic carbocycles. The van der Waals surface area contributed by atoms with Gasteiger partial charge in [-0.15, -0.1) is 0 Å². The summed E-state index contributed by atoms with van der Waals surface area (Å²) in [4.78, 5) is 11.7. The Hall–Kier alpha value is -1.59. The van der Waals surface area contributed by atoms with Gasteiger partial charge in [-0.25, -0.2) is 4.79 Å². The lowest BCUT2D eigenvalue weighted by Crippen LogP contribution is -2.45. The Morgan fingerprint density at radius 3 is 2.24 bits per heavy atom. The predicted octanol–water partition coefficient (Wildman–Crippen LogP) is 2.18.